The summed E-state index contributed by atoms with van der Waals surface area (Å²) >= 11 is 0. The maximum atomic E-state index is 11.9. The number of nitrogens with zero attached hydrogens (tertiary/aromatic N) is 3. The topological polar surface area (TPSA) is 75.4 Å². The molecule has 0 radical (unpaired) electrons. The van der Waals surface area contributed by atoms with Crippen molar-refractivity contribution in [3.05, 3.63) is 12.5 Å². The normalized spacial score (nSPS) is 14.3. The van der Waals surface area contributed by atoms with Crippen LogP contribution in [0.25, 0.3) is 0 Å². The van der Waals surface area contributed by atoms with Gasteiger partial charge in [0.05, 0.1) is 12.4 Å². The minimum Gasteiger partial charge on any atom is -0.393 e. The Balaban J connectivity index is 2.78. The Hall–Kier alpha value is -0.920. The fourth-order valence-corrected chi connectivity index (χ4v) is 2.32. The molecule has 1 heterocycles. The lowest BCUT2D eigenvalue weighted by Gasteiger charge is -2.16. The molecule has 92 valence electrons. The highest BCUT2D eigenvalue weighted by atomic mass is 32.2. The molecule has 1 aromatic heterocycles. The zero-order valence-corrected chi connectivity index (χ0v) is 10.5. The van der Waals surface area contributed by atoms with Crippen molar-refractivity contribution in [1.29, 1.82) is 0 Å². The molecule has 16 heavy (non-hydrogen) atoms. The van der Waals surface area contributed by atoms with E-state index in [0.717, 1.165) is 0 Å². The lowest BCUT2D eigenvalue weighted by Crippen LogP contribution is -2.29. The van der Waals surface area contributed by atoms with Crippen molar-refractivity contribution in [2.24, 2.45) is 7.05 Å². The molecule has 1 aromatic rings. The van der Waals surface area contributed by atoms with E-state index in [0.29, 0.717) is 6.42 Å². The third kappa shape index (κ3) is 3.03. The van der Waals surface area contributed by atoms with Crippen molar-refractivity contribution in [2.45, 2.75) is 24.5 Å². The molecular weight excluding hydrogens is 230 g/mol. The van der Waals surface area contributed by atoms with E-state index >= 15 is 0 Å². The Labute approximate surface area is 95.6 Å². The molecule has 0 bridgehead atoms. The minimum absolute atomic E-state index is 0.0306. The van der Waals surface area contributed by atoms with Crippen LogP contribution in [0.3, 0.4) is 0 Å². The second kappa shape index (κ2) is 4.94. The monoisotopic (exact) mass is 247 g/mol. The number of imidazole rings is 1. The van der Waals surface area contributed by atoms with Gasteiger partial charge in [-0.05, 0) is 13.3 Å². The van der Waals surface area contributed by atoms with E-state index in [1.807, 2.05) is 0 Å². The SMILES string of the molecule is CC(O)CCN(C)S(=O)(=O)c1cn(C)cn1. The molecule has 0 aliphatic heterocycles. The molecule has 0 fully saturated rings. The Kier molecular flexibility index (Phi) is 4.06. The summed E-state index contributed by atoms with van der Waals surface area (Å²) in [6.45, 7) is 1.90. The molecule has 1 atom stereocenters. The number of aromatic nitrogens is 2. The van der Waals surface area contributed by atoms with E-state index in [1.165, 1.54) is 23.9 Å². The molecule has 7 heteroatoms. The van der Waals surface area contributed by atoms with Crippen LogP contribution in [-0.4, -0.2) is 47.1 Å². The van der Waals surface area contributed by atoms with Gasteiger partial charge in [0, 0.05) is 26.8 Å². The average Bonchev–Trinajstić information content (AvgIpc) is 2.61. The first kappa shape index (κ1) is 13.1. The third-order valence-corrected chi connectivity index (χ3v) is 3.96. The Morgan fingerprint density at radius 2 is 2.25 bits per heavy atom. The Morgan fingerprint density at radius 3 is 2.69 bits per heavy atom. The van der Waals surface area contributed by atoms with Crippen LogP contribution in [0.1, 0.15) is 13.3 Å². The molecule has 0 amide bonds. The van der Waals surface area contributed by atoms with Gasteiger partial charge in [-0.3, -0.25) is 0 Å². The largest absolute Gasteiger partial charge is 0.393 e. The molecule has 0 saturated carbocycles. The van der Waals surface area contributed by atoms with E-state index in [9.17, 15) is 8.42 Å². The van der Waals surface area contributed by atoms with Crippen molar-refractivity contribution < 1.29 is 13.5 Å². The molecule has 1 unspecified atom stereocenters. The zero-order valence-electron chi connectivity index (χ0n) is 9.66. The summed E-state index contributed by atoms with van der Waals surface area (Å²) in [6, 6.07) is 0. The summed E-state index contributed by atoms with van der Waals surface area (Å²) in [5.41, 5.74) is 0. The highest BCUT2D eigenvalue weighted by molar-refractivity contribution is 7.89. The first-order valence-corrected chi connectivity index (χ1v) is 6.40. The summed E-state index contributed by atoms with van der Waals surface area (Å²) in [6.07, 6.45) is 2.79. The van der Waals surface area contributed by atoms with Gasteiger partial charge in [-0.15, -0.1) is 0 Å². The van der Waals surface area contributed by atoms with Crippen LogP contribution in [-0.2, 0) is 17.1 Å². The fraction of sp³-hybridized carbons (Fsp3) is 0.667. The highest BCUT2D eigenvalue weighted by Crippen LogP contribution is 2.11. The van der Waals surface area contributed by atoms with Crippen LogP contribution < -0.4 is 0 Å². The molecule has 0 aliphatic carbocycles. The maximum absolute atomic E-state index is 11.9. The molecule has 1 rings (SSSR count). The first-order valence-electron chi connectivity index (χ1n) is 4.96. The van der Waals surface area contributed by atoms with Gasteiger partial charge >= 0.3 is 0 Å². The van der Waals surface area contributed by atoms with Gasteiger partial charge in [-0.1, -0.05) is 0 Å². The summed E-state index contributed by atoms with van der Waals surface area (Å²) < 4.78 is 26.6. The summed E-state index contributed by atoms with van der Waals surface area (Å²) in [5.74, 6) is 0. The van der Waals surface area contributed by atoms with Gasteiger partial charge in [0.25, 0.3) is 10.0 Å². The maximum Gasteiger partial charge on any atom is 0.261 e. The molecule has 0 saturated heterocycles. The number of rotatable bonds is 5. The number of aliphatic hydroxyl groups is 1. The molecule has 0 aliphatic rings. The van der Waals surface area contributed by atoms with Crippen molar-refractivity contribution in [3.8, 4) is 0 Å². The van der Waals surface area contributed by atoms with Crippen LogP contribution in [0, 0.1) is 0 Å². The Bertz CT molecular complexity index is 439. The number of aliphatic hydroxyl groups excluding tert-OH is 1. The van der Waals surface area contributed by atoms with E-state index in [2.05, 4.69) is 4.98 Å². The lowest BCUT2D eigenvalue weighted by molar-refractivity contribution is 0.177. The molecular formula is C9H17N3O3S. The summed E-state index contributed by atoms with van der Waals surface area (Å²) in [4.78, 5) is 3.81. The fourth-order valence-electron chi connectivity index (χ4n) is 1.17. The lowest BCUT2D eigenvalue weighted by atomic mass is 10.3. The molecule has 6 nitrogen and oxygen atoms in total. The standard InChI is InChI=1S/C9H17N3O3S/c1-8(13)4-5-12(3)16(14,15)9-6-11(2)7-10-9/h6-8,13H,4-5H2,1-3H3. The van der Waals surface area contributed by atoms with Crippen LogP contribution in [0.15, 0.2) is 17.6 Å². The number of sulfonamides is 1. The summed E-state index contributed by atoms with van der Waals surface area (Å²) in [7, 11) is -0.335. The van der Waals surface area contributed by atoms with Gasteiger partial charge in [0.1, 0.15) is 0 Å². The van der Waals surface area contributed by atoms with Crippen molar-refractivity contribution >= 4 is 10.0 Å². The molecule has 1 N–H and O–H groups in total. The van der Waals surface area contributed by atoms with Gasteiger partial charge in [-0.25, -0.2) is 13.4 Å². The first-order chi connectivity index (χ1) is 7.34. The van der Waals surface area contributed by atoms with Gasteiger partial charge in [0.15, 0.2) is 5.03 Å². The second-order valence-electron chi connectivity index (χ2n) is 3.84. The summed E-state index contributed by atoms with van der Waals surface area (Å²) in [5, 5.41) is 9.13. The predicted molar refractivity (Wildman–Crippen MR) is 59.3 cm³/mol. The van der Waals surface area contributed by atoms with Gasteiger partial charge < -0.3 is 9.67 Å². The number of hydrogen-bond donors (Lipinski definition) is 1. The van der Waals surface area contributed by atoms with Gasteiger partial charge in [0.2, 0.25) is 0 Å². The predicted octanol–water partition coefficient (Wildman–Crippen LogP) is -0.189. The second-order valence-corrected chi connectivity index (χ2v) is 5.83. The van der Waals surface area contributed by atoms with E-state index < -0.39 is 16.1 Å². The van der Waals surface area contributed by atoms with Crippen molar-refractivity contribution in [2.75, 3.05) is 13.6 Å². The van der Waals surface area contributed by atoms with Crippen molar-refractivity contribution in [3.63, 3.8) is 0 Å². The Morgan fingerprint density at radius 1 is 1.62 bits per heavy atom. The van der Waals surface area contributed by atoms with Crippen LogP contribution >= 0.6 is 0 Å². The quantitative estimate of drug-likeness (QED) is 0.782. The number of hydrogen-bond acceptors (Lipinski definition) is 4. The minimum atomic E-state index is -3.52. The smallest absolute Gasteiger partial charge is 0.261 e. The zero-order chi connectivity index (χ0) is 12.3. The van der Waals surface area contributed by atoms with Crippen molar-refractivity contribution in [1.82, 2.24) is 13.9 Å². The van der Waals surface area contributed by atoms with Crippen LogP contribution in [0.2, 0.25) is 0 Å². The van der Waals surface area contributed by atoms with Gasteiger partial charge in [-0.2, -0.15) is 4.31 Å². The molecule has 0 aromatic carbocycles. The van der Waals surface area contributed by atoms with Crippen LogP contribution in [0.5, 0.6) is 0 Å². The van der Waals surface area contributed by atoms with E-state index in [4.69, 9.17) is 5.11 Å². The van der Waals surface area contributed by atoms with E-state index in [1.54, 1.807) is 18.5 Å². The third-order valence-electron chi connectivity index (χ3n) is 2.22. The average molecular weight is 247 g/mol. The molecule has 0 spiro atoms. The van der Waals surface area contributed by atoms with Crippen LogP contribution in [0.4, 0.5) is 0 Å². The number of aryl methyl sites for hydroxylation is 1. The van der Waals surface area contributed by atoms with E-state index in [-0.39, 0.29) is 11.6 Å². The highest BCUT2D eigenvalue weighted by Gasteiger charge is 2.23.